The van der Waals surface area contributed by atoms with Crippen LogP contribution in [0.15, 0.2) is 54.6 Å². The van der Waals surface area contributed by atoms with Gasteiger partial charge < -0.3 is 16.0 Å². The van der Waals surface area contributed by atoms with E-state index < -0.39 is 6.04 Å². The lowest BCUT2D eigenvalue weighted by Crippen LogP contribution is -2.39. The molecule has 1 aliphatic rings. The minimum Gasteiger partial charge on any atom is -0.352 e. The van der Waals surface area contributed by atoms with Crippen molar-refractivity contribution in [1.29, 1.82) is 0 Å². The lowest BCUT2D eigenvalue weighted by molar-refractivity contribution is -0.126. The molecule has 6 nitrogen and oxygen atoms in total. The monoisotopic (exact) mass is 399 g/mol. The molecule has 2 aromatic rings. The summed E-state index contributed by atoms with van der Waals surface area (Å²) in [5, 5.41) is 8.64. The molecule has 1 aliphatic carbocycles. The van der Waals surface area contributed by atoms with Gasteiger partial charge in [0.2, 0.25) is 11.8 Å². The van der Waals surface area contributed by atoms with Gasteiger partial charge in [-0.1, -0.05) is 54.1 Å². The third-order valence-corrected chi connectivity index (χ3v) is 4.73. The van der Waals surface area contributed by atoms with Crippen molar-refractivity contribution in [3.8, 4) is 0 Å². The van der Waals surface area contributed by atoms with Gasteiger partial charge in [-0.05, 0) is 30.5 Å². The van der Waals surface area contributed by atoms with Crippen LogP contribution in [0.25, 0.3) is 0 Å². The lowest BCUT2D eigenvalue weighted by atomic mass is 10.0. The molecule has 1 fully saturated rings. The molecule has 0 bridgehead atoms. The summed E-state index contributed by atoms with van der Waals surface area (Å²) in [6.45, 7) is -0.0741. The predicted molar refractivity (Wildman–Crippen MR) is 107 cm³/mol. The highest BCUT2D eigenvalue weighted by Gasteiger charge is 2.24. The summed E-state index contributed by atoms with van der Waals surface area (Å²) in [5.41, 5.74) is 1.13. The maximum absolute atomic E-state index is 12.6. The van der Waals surface area contributed by atoms with Gasteiger partial charge in [0.1, 0.15) is 0 Å². The summed E-state index contributed by atoms with van der Waals surface area (Å²) in [6, 6.07) is 15.6. The molecule has 1 saturated carbocycles. The van der Waals surface area contributed by atoms with Crippen molar-refractivity contribution >= 4 is 29.3 Å². The summed E-state index contributed by atoms with van der Waals surface area (Å²) in [4.78, 5) is 36.7. The van der Waals surface area contributed by atoms with E-state index in [2.05, 4.69) is 16.0 Å². The van der Waals surface area contributed by atoms with Gasteiger partial charge in [-0.25, -0.2) is 0 Å². The summed E-state index contributed by atoms with van der Waals surface area (Å²) in [7, 11) is 0. The van der Waals surface area contributed by atoms with Crippen LogP contribution in [0.3, 0.4) is 0 Å². The minimum absolute atomic E-state index is 0.0108. The van der Waals surface area contributed by atoms with Crippen LogP contribution in [0.1, 0.15) is 41.2 Å². The fourth-order valence-corrected chi connectivity index (χ4v) is 2.98. The number of halogens is 1. The van der Waals surface area contributed by atoms with E-state index in [1.165, 1.54) is 0 Å². The molecule has 0 saturated heterocycles. The number of nitrogens with one attached hydrogen (secondary N) is 3. The van der Waals surface area contributed by atoms with E-state index >= 15 is 0 Å². The predicted octanol–water partition coefficient (Wildman–Crippen LogP) is 2.60. The van der Waals surface area contributed by atoms with Gasteiger partial charge in [0.15, 0.2) is 0 Å². The molecule has 0 unspecified atom stereocenters. The number of hydrogen-bond donors (Lipinski definition) is 3. The highest BCUT2D eigenvalue weighted by Crippen LogP contribution is 2.20. The van der Waals surface area contributed by atoms with E-state index in [0.717, 1.165) is 18.4 Å². The number of carbonyl (C=O) groups excluding carboxylic acids is 3. The standard InChI is InChI=1S/C21H22ClN3O3/c22-17-9-5-4-8-16(17)21(28)25-18(14-6-2-1-3-7-14)12-19(26)23-13-20(27)24-15-10-11-15/h1-9,15,18H,10-13H2,(H,23,26)(H,24,27)(H,25,28)/t18-/m0/s1. The van der Waals surface area contributed by atoms with Crippen LogP contribution in [-0.4, -0.2) is 30.3 Å². The maximum Gasteiger partial charge on any atom is 0.253 e. The van der Waals surface area contributed by atoms with Crippen molar-refractivity contribution in [2.75, 3.05) is 6.54 Å². The van der Waals surface area contributed by atoms with Crippen LogP contribution < -0.4 is 16.0 Å². The molecule has 0 radical (unpaired) electrons. The fraction of sp³-hybridized carbons (Fsp3) is 0.286. The number of rotatable bonds is 8. The quantitative estimate of drug-likeness (QED) is 0.637. The topological polar surface area (TPSA) is 87.3 Å². The smallest absolute Gasteiger partial charge is 0.253 e. The third kappa shape index (κ3) is 5.82. The molecule has 146 valence electrons. The van der Waals surface area contributed by atoms with Gasteiger partial charge in [-0.3, -0.25) is 14.4 Å². The van der Waals surface area contributed by atoms with Gasteiger partial charge >= 0.3 is 0 Å². The first-order chi connectivity index (χ1) is 13.5. The highest BCUT2D eigenvalue weighted by atomic mass is 35.5. The average molecular weight is 400 g/mol. The molecular weight excluding hydrogens is 378 g/mol. The van der Waals surface area contributed by atoms with Crippen LogP contribution >= 0.6 is 11.6 Å². The number of hydrogen-bond acceptors (Lipinski definition) is 3. The SMILES string of the molecule is O=C(C[C@H](NC(=O)c1ccccc1Cl)c1ccccc1)NCC(=O)NC1CC1. The molecule has 0 aliphatic heterocycles. The van der Waals surface area contributed by atoms with Crippen molar-refractivity contribution < 1.29 is 14.4 Å². The lowest BCUT2D eigenvalue weighted by Gasteiger charge is -2.19. The maximum atomic E-state index is 12.6. The summed E-state index contributed by atoms with van der Waals surface area (Å²) in [5.74, 6) is -0.884. The minimum atomic E-state index is -0.545. The Labute approximate surface area is 168 Å². The molecule has 3 amide bonds. The number of benzene rings is 2. The van der Waals surface area contributed by atoms with E-state index in [1.807, 2.05) is 30.3 Å². The van der Waals surface area contributed by atoms with E-state index in [4.69, 9.17) is 11.6 Å². The van der Waals surface area contributed by atoms with Crippen LogP contribution in [0.2, 0.25) is 5.02 Å². The van der Waals surface area contributed by atoms with Crippen LogP contribution in [-0.2, 0) is 9.59 Å². The average Bonchev–Trinajstić information content (AvgIpc) is 3.51. The second-order valence-corrected chi connectivity index (χ2v) is 7.15. The normalized spacial score (nSPS) is 14.0. The molecule has 0 aromatic heterocycles. The molecule has 2 aromatic carbocycles. The van der Waals surface area contributed by atoms with E-state index in [1.54, 1.807) is 24.3 Å². The van der Waals surface area contributed by atoms with E-state index in [0.29, 0.717) is 10.6 Å². The van der Waals surface area contributed by atoms with Crippen molar-refractivity contribution in [3.05, 3.63) is 70.7 Å². The van der Waals surface area contributed by atoms with Crippen LogP contribution in [0.4, 0.5) is 0 Å². The summed E-state index contributed by atoms with van der Waals surface area (Å²) in [6.07, 6.45) is 1.99. The van der Waals surface area contributed by atoms with Crippen LogP contribution in [0.5, 0.6) is 0 Å². The Balaban J connectivity index is 1.63. The zero-order chi connectivity index (χ0) is 19.9. The zero-order valence-corrected chi connectivity index (χ0v) is 16.0. The number of amides is 3. The molecular formula is C21H22ClN3O3. The van der Waals surface area contributed by atoms with E-state index in [9.17, 15) is 14.4 Å². The molecule has 3 rings (SSSR count). The fourth-order valence-electron chi connectivity index (χ4n) is 2.76. The molecule has 3 N–H and O–H groups in total. The van der Waals surface area contributed by atoms with Gasteiger partial charge in [-0.2, -0.15) is 0 Å². The Kier molecular flexibility index (Phi) is 6.66. The van der Waals surface area contributed by atoms with Crippen molar-refractivity contribution in [3.63, 3.8) is 0 Å². The number of carbonyl (C=O) groups is 3. The first-order valence-corrected chi connectivity index (χ1v) is 9.57. The largest absolute Gasteiger partial charge is 0.352 e. The molecule has 0 spiro atoms. The second kappa shape index (κ2) is 9.37. The Morgan fingerprint density at radius 1 is 0.964 bits per heavy atom. The molecule has 28 heavy (non-hydrogen) atoms. The van der Waals surface area contributed by atoms with E-state index in [-0.39, 0.29) is 36.7 Å². The van der Waals surface area contributed by atoms with Gasteiger partial charge in [0.25, 0.3) is 5.91 Å². The van der Waals surface area contributed by atoms with Gasteiger partial charge in [0.05, 0.1) is 29.6 Å². The zero-order valence-electron chi connectivity index (χ0n) is 15.3. The molecule has 0 heterocycles. The van der Waals surface area contributed by atoms with Gasteiger partial charge in [-0.15, -0.1) is 0 Å². The Morgan fingerprint density at radius 3 is 2.32 bits per heavy atom. The molecule has 7 heteroatoms. The van der Waals surface area contributed by atoms with Crippen molar-refractivity contribution in [2.45, 2.75) is 31.3 Å². The Morgan fingerprint density at radius 2 is 1.64 bits per heavy atom. The highest BCUT2D eigenvalue weighted by molar-refractivity contribution is 6.33. The van der Waals surface area contributed by atoms with Gasteiger partial charge in [0, 0.05) is 6.04 Å². The first kappa shape index (κ1) is 19.9. The Hall–Kier alpha value is -2.86. The third-order valence-electron chi connectivity index (χ3n) is 4.40. The van der Waals surface area contributed by atoms with Crippen molar-refractivity contribution in [1.82, 2.24) is 16.0 Å². The summed E-state index contributed by atoms with van der Waals surface area (Å²) < 4.78 is 0. The van der Waals surface area contributed by atoms with Crippen LogP contribution in [0, 0.1) is 0 Å². The second-order valence-electron chi connectivity index (χ2n) is 6.74. The summed E-state index contributed by atoms with van der Waals surface area (Å²) >= 11 is 6.10. The first-order valence-electron chi connectivity index (χ1n) is 9.19. The Bertz CT molecular complexity index is 853. The molecule has 1 atom stereocenters. The van der Waals surface area contributed by atoms with Crippen molar-refractivity contribution in [2.24, 2.45) is 0 Å².